The van der Waals surface area contributed by atoms with E-state index in [-0.39, 0.29) is 4.49 Å². The molecule has 0 saturated heterocycles. The van der Waals surface area contributed by atoms with Crippen LogP contribution in [-0.4, -0.2) is 11.2 Å². The summed E-state index contributed by atoms with van der Waals surface area (Å²) in [7, 11) is 0. The van der Waals surface area contributed by atoms with Crippen LogP contribution in [0.4, 0.5) is 0 Å². The van der Waals surface area contributed by atoms with E-state index >= 15 is 0 Å². The predicted molar refractivity (Wildman–Crippen MR) is 45.2 cm³/mol. The van der Waals surface area contributed by atoms with Crippen molar-refractivity contribution in [3.05, 3.63) is 22.7 Å². The third kappa shape index (κ3) is 6.14. The van der Waals surface area contributed by atoms with Gasteiger partial charge in [-0.2, -0.15) is 0 Å². The summed E-state index contributed by atoms with van der Waals surface area (Å²) in [5.41, 5.74) is 0. The molecule has 0 saturated carbocycles. The van der Waals surface area contributed by atoms with Crippen molar-refractivity contribution in [2.75, 3.05) is 0 Å². The van der Waals surface area contributed by atoms with E-state index in [2.05, 4.69) is 0 Å². The number of hydrogen-bond acceptors (Lipinski definition) is 1. The van der Waals surface area contributed by atoms with Crippen LogP contribution in [0.5, 0.6) is 0 Å². The Morgan fingerprint density at radius 1 is 1.60 bits per heavy atom. The van der Waals surface area contributed by atoms with Crippen molar-refractivity contribution in [2.45, 2.75) is 19.4 Å². The van der Waals surface area contributed by atoms with E-state index < -0.39 is 6.10 Å². The largest absolute Gasteiger partial charge is 0.389 e. The van der Waals surface area contributed by atoms with Crippen LogP contribution in [0, 0.1) is 0 Å². The highest BCUT2D eigenvalue weighted by Crippen LogP contribution is 2.05. The number of aliphatic hydroxyl groups is 1. The van der Waals surface area contributed by atoms with Gasteiger partial charge in [-0.25, -0.2) is 0 Å². The van der Waals surface area contributed by atoms with Gasteiger partial charge in [0, 0.05) is 0 Å². The molecular weight excluding hydrogens is 171 g/mol. The molecule has 0 amide bonds. The number of aliphatic hydroxyl groups excluding tert-OH is 1. The topological polar surface area (TPSA) is 20.2 Å². The summed E-state index contributed by atoms with van der Waals surface area (Å²) in [6.45, 7) is 1.89. The second-order valence-corrected chi connectivity index (χ2v) is 2.82. The normalized spacial score (nSPS) is 13.6. The fourth-order valence-electron chi connectivity index (χ4n) is 0.393. The molecule has 0 heterocycles. The van der Waals surface area contributed by atoms with Crippen molar-refractivity contribution in [1.29, 1.82) is 0 Å². The maximum absolute atomic E-state index is 8.97. The number of hydrogen-bond donors (Lipinski definition) is 1. The van der Waals surface area contributed by atoms with Crippen LogP contribution in [0.15, 0.2) is 22.7 Å². The number of allylic oxidation sites excluding steroid dienone is 2. The van der Waals surface area contributed by atoms with Gasteiger partial charge in [-0.3, -0.25) is 0 Å². The second-order valence-electron chi connectivity index (χ2n) is 1.82. The van der Waals surface area contributed by atoms with Crippen LogP contribution in [0.3, 0.4) is 0 Å². The summed E-state index contributed by atoms with van der Waals surface area (Å²) < 4.78 is 0.194. The molecule has 1 atom stereocenters. The zero-order chi connectivity index (χ0) is 7.98. The van der Waals surface area contributed by atoms with Crippen LogP contribution in [0.1, 0.15) is 13.3 Å². The molecule has 58 valence electrons. The Morgan fingerprint density at radius 3 is 2.60 bits per heavy atom. The van der Waals surface area contributed by atoms with E-state index in [9.17, 15) is 0 Å². The van der Waals surface area contributed by atoms with Gasteiger partial charge in [0.25, 0.3) is 0 Å². The van der Waals surface area contributed by atoms with Crippen LogP contribution in [0.2, 0.25) is 0 Å². The van der Waals surface area contributed by atoms with Gasteiger partial charge in [-0.1, -0.05) is 42.3 Å². The van der Waals surface area contributed by atoms with Gasteiger partial charge in [-0.15, -0.1) is 0 Å². The van der Waals surface area contributed by atoms with Crippen molar-refractivity contribution >= 4 is 23.2 Å². The van der Waals surface area contributed by atoms with E-state index in [1.807, 2.05) is 6.92 Å². The Labute approximate surface area is 71.0 Å². The van der Waals surface area contributed by atoms with Crippen LogP contribution in [0.25, 0.3) is 0 Å². The van der Waals surface area contributed by atoms with Gasteiger partial charge in [0.1, 0.15) is 4.49 Å². The molecule has 1 nitrogen and oxygen atoms in total. The first-order chi connectivity index (χ1) is 4.66. The third-order valence-corrected chi connectivity index (χ3v) is 1.23. The molecule has 3 heteroatoms. The van der Waals surface area contributed by atoms with Gasteiger partial charge in [0.15, 0.2) is 0 Å². The standard InChI is InChI=1S/C7H10Cl2O/c1-2-6(10)4-3-5-7(8)9/h3-6,10H,2H2,1H3/b4-3+. The molecule has 0 aliphatic rings. The van der Waals surface area contributed by atoms with Crippen molar-refractivity contribution in [3.63, 3.8) is 0 Å². The molecule has 0 aromatic rings. The predicted octanol–water partition coefficient (Wildman–Crippen LogP) is 2.63. The molecule has 10 heavy (non-hydrogen) atoms. The summed E-state index contributed by atoms with van der Waals surface area (Å²) in [6, 6.07) is 0. The minimum absolute atomic E-state index is 0.194. The summed E-state index contributed by atoms with van der Waals surface area (Å²) in [5.74, 6) is 0. The smallest absolute Gasteiger partial charge is 0.106 e. The highest BCUT2D eigenvalue weighted by atomic mass is 35.5. The fourth-order valence-corrected chi connectivity index (χ4v) is 0.538. The highest BCUT2D eigenvalue weighted by molar-refractivity contribution is 6.55. The lowest BCUT2D eigenvalue weighted by Crippen LogP contribution is -1.97. The summed E-state index contributed by atoms with van der Waals surface area (Å²) in [4.78, 5) is 0. The lowest BCUT2D eigenvalue weighted by molar-refractivity contribution is 0.219. The second kappa shape index (κ2) is 5.78. The Bertz CT molecular complexity index is 137. The Morgan fingerprint density at radius 2 is 2.20 bits per heavy atom. The Hall–Kier alpha value is 0.0200. The monoisotopic (exact) mass is 180 g/mol. The van der Waals surface area contributed by atoms with E-state index in [0.29, 0.717) is 6.42 Å². The molecule has 0 aromatic heterocycles. The lowest BCUT2D eigenvalue weighted by atomic mass is 10.2. The van der Waals surface area contributed by atoms with Gasteiger partial charge in [-0.05, 0) is 12.5 Å². The summed E-state index contributed by atoms with van der Waals surface area (Å²) >= 11 is 10.6. The zero-order valence-corrected chi connectivity index (χ0v) is 7.23. The zero-order valence-electron chi connectivity index (χ0n) is 5.72. The van der Waals surface area contributed by atoms with Crippen molar-refractivity contribution in [1.82, 2.24) is 0 Å². The van der Waals surface area contributed by atoms with E-state index in [1.54, 1.807) is 12.2 Å². The molecule has 0 aliphatic heterocycles. The molecule has 0 aliphatic carbocycles. The van der Waals surface area contributed by atoms with Crippen molar-refractivity contribution in [3.8, 4) is 0 Å². The van der Waals surface area contributed by atoms with Crippen LogP contribution in [-0.2, 0) is 0 Å². The molecular formula is C7H10Cl2O. The molecule has 0 aromatic carbocycles. The van der Waals surface area contributed by atoms with Crippen molar-refractivity contribution in [2.24, 2.45) is 0 Å². The number of halogens is 2. The average Bonchev–Trinajstić information content (AvgIpc) is 1.87. The first-order valence-electron chi connectivity index (χ1n) is 3.04. The highest BCUT2D eigenvalue weighted by Gasteiger charge is 1.89. The quantitative estimate of drug-likeness (QED) is 0.663. The van der Waals surface area contributed by atoms with Crippen LogP contribution >= 0.6 is 23.2 Å². The summed E-state index contributed by atoms with van der Waals surface area (Å²) in [6.07, 6.45) is 5.07. The minimum atomic E-state index is -0.399. The minimum Gasteiger partial charge on any atom is -0.389 e. The van der Waals surface area contributed by atoms with Gasteiger partial charge in [0.2, 0.25) is 0 Å². The molecule has 0 radical (unpaired) electrons. The third-order valence-electron chi connectivity index (χ3n) is 0.974. The average molecular weight is 181 g/mol. The molecule has 1 unspecified atom stereocenters. The first kappa shape index (κ1) is 10.0. The van der Waals surface area contributed by atoms with Crippen LogP contribution < -0.4 is 0 Å². The maximum Gasteiger partial charge on any atom is 0.106 e. The first-order valence-corrected chi connectivity index (χ1v) is 3.80. The summed E-state index contributed by atoms with van der Waals surface area (Å²) in [5, 5.41) is 8.97. The lowest BCUT2D eigenvalue weighted by Gasteiger charge is -1.95. The fraction of sp³-hybridized carbons (Fsp3) is 0.429. The van der Waals surface area contributed by atoms with E-state index in [1.165, 1.54) is 6.08 Å². The van der Waals surface area contributed by atoms with E-state index in [0.717, 1.165) is 0 Å². The molecule has 0 spiro atoms. The van der Waals surface area contributed by atoms with Crippen molar-refractivity contribution < 1.29 is 5.11 Å². The SMILES string of the molecule is CCC(O)/C=C/C=C(Cl)Cl. The van der Waals surface area contributed by atoms with Gasteiger partial charge in [0.05, 0.1) is 6.10 Å². The molecule has 1 N–H and O–H groups in total. The number of rotatable bonds is 3. The van der Waals surface area contributed by atoms with Gasteiger partial charge >= 0.3 is 0 Å². The molecule has 0 bridgehead atoms. The Balaban J connectivity index is 3.66. The maximum atomic E-state index is 8.97. The molecule has 0 fully saturated rings. The molecule has 0 rings (SSSR count). The Kier molecular flexibility index (Phi) is 5.79. The van der Waals surface area contributed by atoms with Gasteiger partial charge < -0.3 is 5.11 Å². The van der Waals surface area contributed by atoms with E-state index in [4.69, 9.17) is 28.3 Å².